The molecule has 5 fully saturated rings. The Labute approximate surface area is 202 Å². The highest BCUT2D eigenvalue weighted by Crippen LogP contribution is 2.55. The molecule has 4 saturated carbocycles. The standard InChI is InChI=1S/C26H36N4O3S/c1-29-23-6-5-21(34(32,33)30-9-3-2-4-10-30)14-22(23)27-24(29)7-8-25(31)28-26-15-18-11-19(16-26)13-20(12-18)17-26/h5-6,14,18-20H,2-4,7-13,15-17H2,1H3,(H,28,31). The van der Waals surface area contributed by atoms with Gasteiger partial charge in [-0.15, -0.1) is 0 Å². The first-order valence-corrected chi connectivity index (χ1v) is 14.5. The highest BCUT2D eigenvalue weighted by molar-refractivity contribution is 7.89. The lowest BCUT2D eigenvalue weighted by molar-refractivity contribution is -0.126. The van der Waals surface area contributed by atoms with E-state index in [-0.39, 0.29) is 11.4 Å². The summed E-state index contributed by atoms with van der Waals surface area (Å²) in [6.45, 7) is 1.18. The number of carbonyl (C=O) groups excluding carboxylic acids is 1. The number of nitrogens with zero attached hydrogens (tertiary/aromatic N) is 3. The zero-order chi connectivity index (χ0) is 23.5. The first-order chi connectivity index (χ1) is 16.3. The minimum Gasteiger partial charge on any atom is -0.351 e. The second-order valence-corrected chi connectivity index (χ2v) is 13.4. The van der Waals surface area contributed by atoms with E-state index in [4.69, 9.17) is 4.98 Å². The van der Waals surface area contributed by atoms with E-state index in [0.29, 0.717) is 36.3 Å². The second-order valence-electron chi connectivity index (χ2n) is 11.4. The normalized spacial score (nSPS) is 31.3. The highest BCUT2D eigenvalue weighted by atomic mass is 32.2. The summed E-state index contributed by atoms with van der Waals surface area (Å²) in [5.74, 6) is 3.37. The summed E-state index contributed by atoms with van der Waals surface area (Å²) in [7, 11) is -1.54. The Morgan fingerprint density at radius 2 is 1.71 bits per heavy atom. The van der Waals surface area contributed by atoms with Crippen LogP contribution in [-0.2, 0) is 28.3 Å². The van der Waals surface area contributed by atoms with Gasteiger partial charge in [-0.2, -0.15) is 4.31 Å². The molecule has 5 aliphatic rings. The molecule has 2 heterocycles. The maximum Gasteiger partial charge on any atom is 0.243 e. The fraction of sp³-hybridized carbons (Fsp3) is 0.692. The van der Waals surface area contributed by atoms with Crippen LogP contribution in [0.4, 0.5) is 0 Å². The van der Waals surface area contributed by atoms with E-state index >= 15 is 0 Å². The summed E-state index contributed by atoms with van der Waals surface area (Å²) in [5.41, 5.74) is 1.61. The van der Waals surface area contributed by atoms with Crippen LogP contribution in [0.5, 0.6) is 0 Å². The Kier molecular flexibility index (Phi) is 5.52. The van der Waals surface area contributed by atoms with E-state index in [1.807, 2.05) is 17.7 Å². The lowest BCUT2D eigenvalue weighted by Gasteiger charge is -2.56. The molecular weight excluding hydrogens is 448 g/mol. The summed E-state index contributed by atoms with van der Waals surface area (Å²) in [4.78, 5) is 18.0. The van der Waals surface area contributed by atoms with Gasteiger partial charge in [0.05, 0.1) is 15.9 Å². The third kappa shape index (κ3) is 3.96. The topological polar surface area (TPSA) is 84.3 Å². The maximum atomic E-state index is 13.1. The van der Waals surface area contributed by atoms with Crippen molar-refractivity contribution < 1.29 is 13.2 Å². The molecule has 8 heteroatoms. The Morgan fingerprint density at radius 1 is 1.06 bits per heavy atom. The molecule has 4 bridgehead atoms. The van der Waals surface area contributed by atoms with Crippen molar-refractivity contribution in [3.63, 3.8) is 0 Å². The molecule has 7 rings (SSSR count). The van der Waals surface area contributed by atoms with Gasteiger partial charge in [0.2, 0.25) is 15.9 Å². The van der Waals surface area contributed by atoms with Crippen LogP contribution in [0.15, 0.2) is 23.1 Å². The molecular formula is C26H36N4O3S. The fourth-order valence-corrected chi connectivity index (χ4v) is 9.25. The first kappa shape index (κ1) is 22.5. The summed E-state index contributed by atoms with van der Waals surface area (Å²) in [6, 6.07) is 5.23. The van der Waals surface area contributed by atoms with Crippen molar-refractivity contribution in [3.8, 4) is 0 Å². The Hall–Kier alpha value is -1.93. The number of piperidine rings is 1. The van der Waals surface area contributed by atoms with Gasteiger partial charge >= 0.3 is 0 Å². The van der Waals surface area contributed by atoms with Crippen molar-refractivity contribution in [1.82, 2.24) is 19.2 Å². The van der Waals surface area contributed by atoms with Crippen molar-refractivity contribution in [2.75, 3.05) is 13.1 Å². The largest absolute Gasteiger partial charge is 0.351 e. The van der Waals surface area contributed by atoms with Gasteiger partial charge in [-0.3, -0.25) is 4.79 Å². The lowest BCUT2D eigenvalue weighted by Crippen LogP contribution is -2.59. The third-order valence-corrected chi connectivity index (χ3v) is 10.8. The number of rotatable bonds is 6. The quantitative estimate of drug-likeness (QED) is 0.677. The molecule has 1 aromatic carbocycles. The van der Waals surface area contributed by atoms with Crippen molar-refractivity contribution in [3.05, 3.63) is 24.0 Å². The number of carbonyl (C=O) groups is 1. The van der Waals surface area contributed by atoms with E-state index in [2.05, 4.69) is 5.32 Å². The molecule has 0 unspecified atom stereocenters. The molecule has 1 N–H and O–H groups in total. The van der Waals surface area contributed by atoms with Crippen LogP contribution < -0.4 is 5.32 Å². The van der Waals surface area contributed by atoms with Gasteiger partial charge in [0.1, 0.15) is 5.82 Å². The summed E-state index contributed by atoms with van der Waals surface area (Å²) in [5, 5.41) is 3.45. The minimum atomic E-state index is -3.49. The SMILES string of the molecule is Cn1c(CCC(=O)NC23CC4CC(CC(C4)C2)C3)nc2cc(S(=O)(=O)N3CCCCC3)ccc21. The average Bonchev–Trinajstić information content (AvgIpc) is 3.12. The Morgan fingerprint density at radius 3 is 2.35 bits per heavy atom. The van der Waals surface area contributed by atoms with E-state index in [0.717, 1.165) is 67.6 Å². The summed E-state index contributed by atoms with van der Waals surface area (Å²) < 4.78 is 29.7. The van der Waals surface area contributed by atoms with Crippen LogP contribution in [-0.4, -0.2) is 46.8 Å². The van der Waals surface area contributed by atoms with Gasteiger partial charge in [-0.25, -0.2) is 13.4 Å². The molecule has 0 radical (unpaired) electrons. The van der Waals surface area contributed by atoms with Gasteiger partial charge in [0.15, 0.2) is 0 Å². The fourth-order valence-electron chi connectivity index (χ4n) is 7.72. The third-order valence-electron chi connectivity index (χ3n) is 8.92. The van der Waals surface area contributed by atoms with E-state index in [1.165, 1.54) is 19.3 Å². The smallest absolute Gasteiger partial charge is 0.243 e. The molecule has 4 aliphatic carbocycles. The number of nitrogens with one attached hydrogen (secondary N) is 1. The molecule has 1 saturated heterocycles. The van der Waals surface area contributed by atoms with Crippen molar-refractivity contribution in [2.24, 2.45) is 24.8 Å². The molecule has 2 aromatic rings. The molecule has 34 heavy (non-hydrogen) atoms. The summed E-state index contributed by atoms with van der Waals surface area (Å²) in [6.07, 6.45) is 11.5. The van der Waals surface area contributed by atoms with Gasteiger partial charge in [0.25, 0.3) is 0 Å². The van der Waals surface area contributed by atoms with E-state index in [9.17, 15) is 13.2 Å². The van der Waals surface area contributed by atoms with Crippen LogP contribution in [0.2, 0.25) is 0 Å². The molecule has 1 aromatic heterocycles. The molecule has 1 aliphatic heterocycles. The number of aromatic nitrogens is 2. The van der Waals surface area contributed by atoms with Gasteiger partial charge in [-0.1, -0.05) is 6.42 Å². The highest BCUT2D eigenvalue weighted by Gasteiger charge is 2.51. The number of sulfonamides is 1. The Balaban J connectivity index is 1.15. The average molecular weight is 485 g/mol. The second kappa shape index (κ2) is 8.33. The van der Waals surface area contributed by atoms with Gasteiger partial charge < -0.3 is 9.88 Å². The van der Waals surface area contributed by atoms with E-state index in [1.54, 1.807) is 16.4 Å². The van der Waals surface area contributed by atoms with Crippen LogP contribution in [0.25, 0.3) is 11.0 Å². The number of hydrogen-bond donors (Lipinski definition) is 1. The predicted octanol–water partition coefficient (Wildman–Crippen LogP) is 3.77. The Bertz CT molecular complexity index is 1180. The first-order valence-electron chi connectivity index (χ1n) is 13.1. The zero-order valence-electron chi connectivity index (χ0n) is 20.1. The van der Waals surface area contributed by atoms with Gasteiger partial charge in [0, 0.05) is 38.5 Å². The van der Waals surface area contributed by atoms with Crippen molar-refractivity contribution in [2.45, 2.75) is 81.1 Å². The monoisotopic (exact) mass is 484 g/mol. The predicted molar refractivity (Wildman–Crippen MR) is 131 cm³/mol. The number of aryl methyl sites for hydroxylation is 2. The summed E-state index contributed by atoms with van der Waals surface area (Å²) >= 11 is 0. The number of imidazole rings is 1. The van der Waals surface area contributed by atoms with Crippen LogP contribution in [0.1, 0.15) is 70.0 Å². The number of benzene rings is 1. The molecule has 7 nitrogen and oxygen atoms in total. The number of amides is 1. The lowest BCUT2D eigenvalue weighted by atomic mass is 9.53. The molecule has 1 amide bonds. The number of fused-ring (bicyclic) bond motifs is 1. The van der Waals surface area contributed by atoms with Gasteiger partial charge in [-0.05, 0) is 87.3 Å². The zero-order valence-corrected chi connectivity index (χ0v) is 20.9. The number of hydrogen-bond acceptors (Lipinski definition) is 4. The van der Waals surface area contributed by atoms with Crippen molar-refractivity contribution >= 4 is 27.0 Å². The molecule has 184 valence electrons. The van der Waals surface area contributed by atoms with Crippen LogP contribution in [0.3, 0.4) is 0 Å². The van der Waals surface area contributed by atoms with Crippen LogP contribution >= 0.6 is 0 Å². The van der Waals surface area contributed by atoms with E-state index < -0.39 is 10.0 Å². The maximum absolute atomic E-state index is 13.1. The van der Waals surface area contributed by atoms with Crippen molar-refractivity contribution in [1.29, 1.82) is 0 Å². The molecule has 0 atom stereocenters. The minimum absolute atomic E-state index is 0.0376. The van der Waals surface area contributed by atoms with Crippen LogP contribution in [0, 0.1) is 17.8 Å². The molecule has 0 spiro atoms.